The van der Waals surface area contributed by atoms with E-state index in [1.807, 2.05) is 0 Å². The number of carbonyl (C=O) groups is 2. The number of nitrogens with zero attached hydrogens (tertiary/aromatic N) is 2. The van der Waals surface area contributed by atoms with E-state index in [1.54, 1.807) is 7.05 Å². The van der Waals surface area contributed by atoms with Crippen LogP contribution in [0.15, 0.2) is 0 Å². The standard InChI is InChI=1S/C9H14N2O5/c1-10-5-9(3-4-9)6(11(14)7(10)12)16-8(13)15-2/h6,14H,3-5H2,1-2H3. The minimum Gasteiger partial charge on any atom is -0.438 e. The molecule has 2 fully saturated rings. The van der Waals surface area contributed by atoms with Gasteiger partial charge in [-0.3, -0.25) is 5.21 Å². The van der Waals surface area contributed by atoms with Gasteiger partial charge in [0, 0.05) is 19.0 Å². The first-order valence-corrected chi connectivity index (χ1v) is 4.98. The molecule has 1 aliphatic carbocycles. The Labute approximate surface area is 92.5 Å². The lowest BCUT2D eigenvalue weighted by molar-refractivity contribution is -0.210. The number of hydrogen-bond donors (Lipinski definition) is 1. The molecule has 0 aromatic heterocycles. The summed E-state index contributed by atoms with van der Waals surface area (Å²) in [6.07, 6.45) is -0.219. The van der Waals surface area contributed by atoms with E-state index in [2.05, 4.69) is 4.74 Å². The zero-order valence-corrected chi connectivity index (χ0v) is 9.17. The highest BCUT2D eigenvalue weighted by molar-refractivity contribution is 5.75. The van der Waals surface area contributed by atoms with Gasteiger partial charge in [0.1, 0.15) is 0 Å². The summed E-state index contributed by atoms with van der Waals surface area (Å²) in [5.74, 6) is 0. The highest BCUT2D eigenvalue weighted by atomic mass is 16.7. The summed E-state index contributed by atoms with van der Waals surface area (Å²) < 4.78 is 9.28. The molecule has 0 aromatic carbocycles. The molecule has 1 atom stereocenters. The lowest BCUT2D eigenvalue weighted by Crippen LogP contribution is -2.59. The Morgan fingerprint density at radius 3 is 2.69 bits per heavy atom. The third-order valence-electron chi connectivity index (χ3n) is 3.09. The normalized spacial score (nSPS) is 26.9. The van der Waals surface area contributed by atoms with Crippen molar-refractivity contribution in [3.63, 3.8) is 0 Å². The minimum absolute atomic E-state index is 0.342. The first-order chi connectivity index (χ1) is 7.50. The summed E-state index contributed by atoms with van der Waals surface area (Å²) >= 11 is 0. The largest absolute Gasteiger partial charge is 0.510 e. The van der Waals surface area contributed by atoms with Crippen molar-refractivity contribution >= 4 is 12.2 Å². The van der Waals surface area contributed by atoms with Crippen LogP contribution >= 0.6 is 0 Å². The molecule has 1 saturated heterocycles. The molecule has 1 unspecified atom stereocenters. The molecule has 1 aliphatic heterocycles. The zero-order valence-electron chi connectivity index (χ0n) is 9.17. The number of urea groups is 1. The first-order valence-electron chi connectivity index (χ1n) is 4.98. The molecule has 16 heavy (non-hydrogen) atoms. The fourth-order valence-electron chi connectivity index (χ4n) is 2.03. The number of carbonyl (C=O) groups excluding carboxylic acids is 2. The van der Waals surface area contributed by atoms with Gasteiger partial charge in [-0.2, -0.15) is 5.06 Å². The van der Waals surface area contributed by atoms with Crippen LogP contribution in [0.5, 0.6) is 0 Å². The Morgan fingerprint density at radius 2 is 2.19 bits per heavy atom. The summed E-state index contributed by atoms with van der Waals surface area (Å²) in [7, 11) is 2.78. The molecule has 2 rings (SSSR count). The molecule has 0 bridgehead atoms. The van der Waals surface area contributed by atoms with E-state index in [-0.39, 0.29) is 5.41 Å². The molecular formula is C9H14N2O5. The molecule has 7 heteroatoms. The smallest absolute Gasteiger partial charge is 0.438 e. The number of hydrogen-bond acceptors (Lipinski definition) is 5. The van der Waals surface area contributed by atoms with Gasteiger partial charge in [0.2, 0.25) is 6.23 Å². The van der Waals surface area contributed by atoms with Crippen molar-refractivity contribution in [2.24, 2.45) is 5.41 Å². The van der Waals surface area contributed by atoms with Gasteiger partial charge in [-0.1, -0.05) is 0 Å². The van der Waals surface area contributed by atoms with Gasteiger partial charge in [0.05, 0.1) is 7.11 Å². The van der Waals surface area contributed by atoms with Gasteiger partial charge in [-0.15, -0.1) is 0 Å². The second-order valence-corrected chi connectivity index (χ2v) is 4.27. The second kappa shape index (κ2) is 3.51. The SMILES string of the molecule is COC(=O)OC1N(O)C(=O)N(C)CC12CC2. The van der Waals surface area contributed by atoms with E-state index in [1.165, 1.54) is 12.0 Å². The summed E-state index contributed by atoms with van der Waals surface area (Å²) in [6.45, 7) is 0.477. The fourth-order valence-corrected chi connectivity index (χ4v) is 2.03. The van der Waals surface area contributed by atoms with Gasteiger partial charge in [-0.25, -0.2) is 9.59 Å². The van der Waals surface area contributed by atoms with Gasteiger partial charge in [-0.05, 0) is 12.8 Å². The van der Waals surface area contributed by atoms with Crippen LogP contribution in [0.4, 0.5) is 9.59 Å². The Hall–Kier alpha value is -1.50. The van der Waals surface area contributed by atoms with Gasteiger partial charge in [0.25, 0.3) is 0 Å². The zero-order chi connectivity index (χ0) is 11.9. The second-order valence-electron chi connectivity index (χ2n) is 4.27. The Bertz CT molecular complexity index is 328. The first kappa shape index (κ1) is 11.0. The Balaban J connectivity index is 2.14. The fraction of sp³-hybridized carbons (Fsp3) is 0.778. The van der Waals surface area contributed by atoms with Crippen molar-refractivity contribution < 1.29 is 24.3 Å². The Kier molecular flexibility index (Phi) is 2.42. The Morgan fingerprint density at radius 1 is 1.56 bits per heavy atom. The molecule has 0 radical (unpaired) electrons. The van der Waals surface area contributed by atoms with Crippen LogP contribution in [-0.2, 0) is 9.47 Å². The maximum absolute atomic E-state index is 11.5. The van der Waals surface area contributed by atoms with Crippen LogP contribution in [0, 0.1) is 5.41 Å². The average Bonchev–Trinajstić information content (AvgIpc) is 3.02. The van der Waals surface area contributed by atoms with Crippen LogP contribution in [0.1, 0.15) is 12.8 Å². The topological polar surface area (TPSA) is 79.3 Å². The van der Waals surface area contributed by atoms with Crippen molar-refractivity contribution in [3.8, 4) is 0 Å². The predicted octanol–water partition coefficient (Wildman–Crippen LogP) is 0.632. The summed E-state index contributed by atoms with van der Waals surface area (Å²) in [5, 5.41) is 10.1. The number of methoxy groups -OCH3 is 1. The van der Waals surface area contributed by atoms with Crippen LogP contribution in [0.2, 0.25) is 0 Å². The lowest BCUT2D eigenvalue weighted by Gasteiger charge is -2.40. The molecule has 1 heterocycles. The minimum atomic E-state index is -0.941. The van der Waals surface area contributed by atoms with E-state index in [4.69, 9.17) is 4.74 Å². The van der Waals surface area contributed by atoms with Crippen molar-refractivity contribution in [3.05, 3.63) is 0 Å². The van der Waals surface area contributed by atoms with Gasteiger partial charge in [0.15, 0.2) is 0 Å². The molecule has 1 N–H and O–H groups in total. The van der Waals surface area contributed by atoms with Crippen molar-refractivity contribution in [1.29, 1.82) is 0 Å². The highest BCUT2D eigenvalue weighted by Gasteiger charge is 2.59. The molecule has 90 valence electrons. The highest BCUT2D eigenvalue weighted by Crippen LogP contribution is 2.53. The number of ether oxygens (including phenoxy) is 2. The molecule has 1 spiro atoms. The van der Waals surface area contributed by atoms with Crippen molar-refractivity contribution in [2.45, 2.75) is 19.1 Å². The average molecular weight is 230 g/mol. The van der Waals surface area contributed by atoms with Crippen molar-refractivity contribution in [2.75, 3.05) is 20.7 Å². The number of hydroxylamine groups is 2. The number of amides is 2. The summed E-state index contributed by atoms with van der Waals surface area (Å²) in [5.41, 5.74) is -0.342. The molecule has 0 aromatic rings. The number of rotatable bonds is 1. The quantitative estimate of drug-likeness (QED) is 0.528. The van der Waals surface area contributed by atoms with E-state index in [0.717, 1.165) is 12.8 Å². The third kappa shape index (κ3) is 1.57. The van der Waals surface area contributed by atoms with E-state index in [9.17, 15) is 14.8 Å². The van der Waals surface area contributed by atoms with Crippen molar-refractivity contribution in [1.82, 2.24) is 9.96 Å². The summed E-state index contributed by atoms with van der Waals surface area (Å²) in [6, 6.07) is -0.577. The maximum Gasteiger partial charge on any atom is 0.510 e. The maximum atomic E-state index is 11.5. The van der Waals surface area contributed by atoms with Crippen LogP contribution in [0.25, 0.3) is 0 Å². The summed E-state index contributed by atoms with van der Waals surface area (Å²) in [4.78, 5) is 23.9. The molecular weight excluding hydrogens is 216 g/mol. The molecule has 7 nitrogen and oxygen atoms in total. The monoisotopic (exact) mass is 230 g/mol. The van der Waals surface area contributed by atoms with Crippen LogP contribution in [-0.4, -0.2) is 54.3 Å². The van der Waals surface area contributed by atoms with E-state index >= 15 is 0 Å². The molecule has 1 saturated carbocycles. The lowest BCUT2D eigenvalue weighted by atomic mass is 10.0. The van der Waals surface area contributed by atoms with Crippen LogP contribution < -0.4 is 0 Å². The van der Waals surface area contributed by atoms with Gasteiger partial charge >= 0.3 is 12.2 Å². The van der Waals surface area contributed by atoms with Crippen LogP contribution in [0.3, 0.4) is 0 Å². The van der Waals surface area contributed by atoms with Gasteiger partial charge < -0.3 is 14.4 Å². The molecule has 2 amide bonds. The third-order valence-corrected chi connectivity index (χ3v) is 3.09. The van der Waals surface area contributed by atoms with E-state index in [0.29, 0.717) is 11.6 Å². The predicted molar refractivity (Wildman–Crippen MR) is 50.6 cm³/mol. The van der Waals surface area contributed by atoms with E-state index < -0.39 is 18.4 Å². The molecule has 2 aliphatic rings.